The Morgan fingerprint density at radius 1 is 1.28 bits per heavy atom. The fourth-order valence-corrected chi connectivity index (χ4v) is 1.39. The van der Waals surface area contributed by atoms with Crippen LogP contribution in [0.3, 0.4) is 0 Å². The van der Waals surface area contributed by atoms with Gasteiger partial charge in [0, 0.05) is 25.9 Å². The van der Waals surface area contributed by atoms with Crippen LogP contribution >= 0.6 is 0 Å². The Kier molecular flexibility index (Phi) is 6.09. The molecule has 0 aliphatic rings. The van der Waals surface area contributed by atoms with E-state index in [1.807, 2.05) is 19.9 Å². The zero-order valence-electron chi connectivity index (χ0n) is 11.3. The van der Waals surface area contributed by atoms with Crippen molar-refractivity contribution in [1.29, 1.82) is 0 Å². The standard InChI is InChI=1S/C14H22FNO2/c1-14(2,17-3)7-9-18-10-8-16-13-6-4-5-12(15)11-13/h4-6,11,16H,7-10H2,1-3H3. The Morgan fingerprint density at radius 3 is 2.72 bits per heavy atom. The first-order valence-electron chi connectivity index (χ1n) is 6.16. The number of hydrogen-bond donors (Lipinski definition) is 1. The van der Waals surface area contributed by atoms with Crippen molar-refractivity contribution >= 4 is 5.69 Å². The van der Waals surface area contributed by atoms with Gasteiger partial charge in [-0.2, -0.15) is 0 Å². The second-order valence-electron chi connectivity index (χ2n) is 4.76. The van der Waals surface area contributed by atoms with Crippen molar-refractivity contribution in [3.05, 3.63) is 30.1 Å². The van der Waals surface area contributed by atoms with E-state index in [0.717, 1.165) is 12.1 Å². The maximum atomic E-state index is 12.9. The smallest absolute Gasteiger partial charge is 0.125 e. The number of rotatable bonds is 8. The van der Waals surface area contributed by atoms with E-state index in [0.29, 0.717) is 19.8 Å². The molecule has 1 aromatic rings. The van der Waals surface area contributed by atoms with Gasteiger partial charge < -0.3 is 14.8 Å². The highest BCUT2D eigenvalue weighted by molar-refractivity contribution is 5.42. The van der Waals surface area contributed by atoms with Crippen LogP contribution in [-0.2, 0) is 9.47 Å². The molecule has 0 bridgehead atoms. The summed E-state index contributed by atoms with van der Waals surface area (Å²) >= 11 is 0. The number of nitrogens with one attached hydrogen (secondary N) is 1. The molecule has 4 heteroatoms. The highest BCUT2D eigenvalue weighted by atomic mass is 19.1. The first kappa shape index (κ1) is 14.9. The summed E-state index contributed by atoms with van der Waals surface area (Å²) in [6.07, 6.45) is 0.851. The van der Waals surface area contributed by atoms with Crippen molar-refractivity contribution in [2.45, 2.75) is 25.9 Å². The molecule has 0 aromatic heterocycles. The molecule has 0 saturated heterocycles. The van der Waals surface area contributed by atoms with E-state index >= 15 is 0 Å². The van der Waals surface area contributed by atoms with Crippen molar-refractivity contribution in [2.75, 3.05) is 32.2 Å². The average molecular weight is 255 g/mol. The van der Waals surface area contributed by atoms with Gasteiger partial charge in [-0.15, -0.1) is 0 Å². The monoisotopic (exact) mass is 255 g/mol. The average Bonchev–Trinajstić information content (AvgIpc) is 2.34. The Morgan fingerprint density at radius 2 is 2.06 bits per heavy atom. The number of hydrogen-bond acceptors (Lipinski definition) is 3. The third-order valence-electron chi connectivity index (χ3n) is 2.80. The highest BCUT2D eigenvalue weighted by Gasteiger charge is 2.15. The first-order chi connectivity index (χ1) is 8.53. The third-order valence-corrected chi connectivity index (χ3v) is 2.80. The number of methoxy groups -OCH3 is 1. The summed E-state index contributed by atoms with van der Waals surface area (Å²) in [6, 6.07) is 6.40. The lowest BCUT2D eigenvalue weighted by molar-refractivity contribution is -0.00856. The molecule has 0 spiro atoms. The van der Waals surface area contributed by atoms with Crippen LogP contribution in [-0.4, -0.2) is 32.5 Å². The van der Waals surface area contributed by atoms with Gasteiger partial charge in [0.1, 0.15) is 5.82 Å². The fraction of sp³-hybridized carbons (Fsp3) is 0.571. The number of benzene rings is 1. The summed E-state index contributed by atoms with van der Waals surface area (Å²) in [4.78, 5) is 0. The van der Waals surface area contributed by atoms with Gasteiger partial charge in [-0.3, -0.25) is 0 Å². The quantitative estimate of drug-likeness (QED) is 0.724. The van der Waals surface area contributed by atoms with Crippen LogP contribution in [0.2, 0.25) is 0 Å². The van der Waals surface area contributed by atoms with E-state index in [9.17, 15) is 4.39 Å². The molecule has 0 unspecified atom stereocenters. The minimum absolute atomic E-state index is 0.143. The van der Waals surface area contributed by atoms with E-state index < -0.39 is 0 Å². The maximum Gasteiger partial charge on any atom is 0.125 e. The second-order valence-corrected chi connectivity index (χ2v) is 4.76. The van der Waals surface area contributed by atoms with Crippen LogP contribution in [0.5, 0.6) is 0 Å². The summed E-state index contributed by atoms with van der Waals surface area (Å²) < 4.78 is 23.7. The Bertz CT molecular complexity index is 355. The van der Waals surface area contributed by atoms with E-state index in [1.165, 1.54) is 12.1 Å². The number of ether oxygens (including phenoxy) is 2. The van der Waals surface area contributed by atoms with Gasteiger partial charge in [-0.05, 0) is 38.5 Å². The lowest BCUT2D eigenvalue weighted by Crippen LogP contribution is -2.25. The molecule has 1 N–H and O–H groups in total. The number of anilines is 1. The summed E-state index contributed by atoms with van der Waals surface area (Å²) in [5.41, 5.74) is 0.631. The SMILES string of the molecule is COC(C)(C)CCOCCNc1cccc(F)c1. The van der Waals surface area contributed by atoms with Gasteiger partial charge in [0.15, 0.2) is 0 Å². The minimum atomic E-state index is -0.234. The predicted octanol–water partition coefficient (Wildman–Crippen LogP) is 3.07. The van der Waals surface area contributed by atoms with Crippen LogP contribution < -0.4 is 5.32 Å². The third kappa shape index (κ3) is 5.98. The normalized spacial score (nSPS) is 11.6. The molecule has 0 amide bonds. The van der Waals surface area contributed by atoms with Crippen LogP contribution in [0, 0.1) is 5.82 Å². The topological polar surface area (TPSA) is 30.5 Å². The van der Waals surface area contributed by atoms with Gasteiger partial charge in [0.05, 0.1) is 12.2 Å². The molecule has 0 saturated carbocycles. The molecule has 0 fully saturated rings. The Hall–Kier alpha value is -1.13. The zero-order chi connectivity index (χ0) is 13.4. The first-order valence-corrected chi connectivity index (χ1v) is 6.16. The predicted molar refractivity (Wildman–Crippen MR) is 71.4 cm³/mol. The summed E-state index contributed by atoms with van der Waals surface area (Å²) in [5, 5.41) is 3.10. The summed E-state index contributed by atoms with van der Waals surface area (Å²) in [6.45, 7) is 5.97. The van der Waals surface area contributed by atoms with E-state index in [4.69, 9.17) is 9.47 Å². The van der Waals surface area contributed by atoms with Crippen LogP contribution in [0.4, 0.5) is 10.1 Å². The lowest BCUT2D eigenvalue weighted by atomic mass is 10.1. The van der Waals surface area contributed by atoms with Gasteiger partial charge >= 0.3 is 0 Å². The second kappa shape index (κ2) is 7.34. The summed E-state index contributed by atoms with van der Waals surface area (Å²) in [5.74, 6) is -0.234. The Balaban J connectivity index is 2.09. The van der Waals surface area contributed by atoms with Crippen molar-refractivity contribution in [3.8, 4) is 0 Å². The van der Waals surface area contributed by atoms with Crippen LogP contribution in [0.1, 0.15) is 20.3 Å². The molecule has 0 aliphatic heterocycles. The van der Waals surface area contributed by atoms with E-state index in [1.54, 1.807) is 13.2 Å². The molecule has 1 rings (SSSR count). The molecule has 102 valence electrons. The molecular weight excluding hydrogens is 233 g/mol. The van der Waals surface area contributed by atoms with Crippen molar-refractivity contribution < 1.29 is 13.9 Å². The van der Waals surface area contributed by atoms with E-state index in [-0.39, 0.29) is 11.4 Å². The van der Waals surface area contributed by atoms with Gasteiger partial charge in [0.25, 0.3) is 0 Å². The fourth-order valence-electron chi connectivity index (χ4n) is 1.39. The van der Waals surface area contributed by atoms with Crippen molar-refractivity contribution in [3.63, 3.8) is 0 Å². The maximum absolute atomic E-state index is 12.9. The molecule has 0 aliphatic carbocycles. The zero-order valence-corrected chi connectivity index (χ0v) is 11.3. The van der Waals surface area contributed by atoms with Crippen LogP contribution in [0.15, 0.2) is 24.3 Å². The molecule has 0 heterocycles. The van der Waals surface area contributed by atoms with E-state index in [2.05, 4.69) is 5.32 Å². The van der Waals surface area contributed by atoms with Gasteiger partial charge in [0.2, 0.25) is 0 Å². The largest absolute Gasteiger partial charge is 0.383 e. The van der Waals surface area contributed by atoms with Gasteiger partial charge in [-0.25, -0.2) is 4.39 Å². The molecule has 18 heavy (non-hydrogen) atoms. The van der Waals surface area contributed by atoms with Gasteiger partial charge in [-0.1, -0.05) is 6.07 Å². The van der Waals surface area contributed by atoms with Crippen LogP contribution in [0.25, 0.3) is 0 Å². The molecule has 3 nitrogen and oxygen atoms in total. The molecular formula is C14H22FNO2. The van der Waals surface area contributed by atoms with Crippen molar-refractivity contribution in [2.24, 2.45) is 0 Å². The summed E-state index contributed by atoms with van der Waals surface area (Å²) in [7, 11) is 1.70. The van der Waals surface area contributed by atoms with Crippen molar-refractivity contribution in [1.82, 2.24) is 0 Å². The molecule has 1 aromatic carbocycles. The molecule has 0 atom stereocenters. The highest BCUT2D eigenvalue weighted by Crippen LogP contribution is 2.12. The molecule has 0 radical (unpaired) electrons. The minimum Gasteiger partial charge on any atom is -0.383 e. The lowest BCUT2D eigenvalue weighted by Gasteiger charge is -2.22. The number of halogens is 1. The Labute approximate surface area is 108 Å².